The van der Waals surface area contributed by atoms with Crippen molar-refractivity contribution in [3.8, 4) is 0 Å². The van der Waals surface area contributed by atoms with Gasteiger partial charge in [0.2, 0.25) is 0 Å². The van der Waals surface area contributed by atoms with Crippen LogP contribution < -0.4 is 0 Å². The highest BCUT2D eigenvalue weighted by Gasteiger charge is 2.19. The number of H-pyrrole nitrogens is 1. The number of aromatic nitrogens is 1. The first-order chi connectivity index (χ1) is 8.04. The third-order valence-electron chi connectivity index (χ3n) is 3.38. The highest BCUT2D eigenvalue weighted by Crippen LogP contribution is 2.34. The van der Waals surface area contributed by atoms with Gasteiger partial charge in [-0.1, -0.05) is 20.8 Å². The zero-order chi connectivity index (χ0) is 12.6. The van der Waals surface area contributed by atoms with Gasteiger partial charge in [-0.25, -0.2) is 8.78 Å². The summed E-state index contributed by atoms with van der Waals surface area (Å²) in [6, 6.07) is 2.33. The Hall–Kier alpha value is -1.38. The van der Waals surface area contributed by atoms with Crippen LogP contribution in [0, 0.1) is 17.6 Å². The van der Waals surface area contributed by atoms with E-state index >= 15 is 0 Å². The topological polar surface area (TPSA) is 15.8 Å². The minimum absolute atomic E-state index is 0.324. The first kappa shape index (κ1) is 12.1. The molecule has 0 radical (unpaired) electrons. The van der Waals surface area contributed by atoms with E-state index in [9.17, 15) is 8.78 Å². The Morgan fingerprint density at radius 1 is 1.24 bits per heavy atom. The van der Waals surface area contributed by atoms with Crippen LogP contribution in [0.4, 0.5) is 8.78 Å². The van der Waals surface area contributed by atoms with Gasteiger partial charge in [-0.2, -0.15) is 0 Å². The third-order valence-corrected chi connectivity index (χ3v) is 3.38. The van der Waals surface area contributed by atoms with Gasteiger partial charge in [0.25, 0.3) is 0 Å². The monoisotopic (exact) mass is 237 g/mol. The van der Waals surface area contributed by atoms with E-state index in [4.69, 9.17) is 0 Å². The second-order valence-electron chi connectivity index (χ2n) is 4.81. The summed E-state index contributed by atoms with van der Waals surface area (Å²) in [5.41, 5.74) is 1.41. The lowest BCUT2D eigenvalue weighted by Crippen LogP contribution is -2.04. The largest absolute Gasteiger partial charge is 0.359 e. The fourth-order valence-corrected chi connectivity index (χ4v) is 2.53. The maximum absolute atomic E-state index is 13.6. The molecule has 1 aromatic heterocycles. The molecule has 1 unspecified atom stereocenters. The molecule has 0 saturated heterocycles. The van der Waals surface area contributed by atoms with E-state index in [0.29, 0.717) is 22.7 Å². The lowest BCUT2D eigenvalue weighted by atomic mass is 9.86. The highest BCUT2D eigenvalue weighted by molar-refractivity contribution is 5.84. The molecule has 0 fully saturated rings. The minimum Gasteiger partial charge on any atom is -0.359 e. The van der Waals surface area contributed by atoms with E-state index in [-0.39, 0.29) is 0 Å². The van der Waals surface area contributed by atoms with Crippen molar-refractivity contribution in [2.24, 2.45) is 5.92 Å². The quantitative estimate of drug-likeness (QED) is 0.803. The summed E-state index contributed by atoms with van der Waals surface area (Å²) in [6.45, 7) is 6.35. The summed E-state index contributed by atoms with van der Waals surface area (Å²) >= 11 is 0. The van der Waals surface area contributed by atoms with E-state index in [1.807, 2.05) is 0 Å². The fraction of sp³-hybridized carbons (Fsp3) is 0.429. The lowest BCUT2D eigenvalue weighted by molar-refractivity contribution is 0.488. The van der Waals surface area contributed by atoms with E-state index in [0.717, 1.165) is 18.1 Å². The predicted octanol–water partition coefficient (Wildman–Crippen LogP) is 4.60. The molecule has 2 rings (SSSR count). The average molecular weight is 237 g/mol. The van der Waals surface area contributed by atoms with Gasteiger partial charge < -0.3 is 4.98 Å². The molecule has 0 saturated carbocycles. The normalized spacial score (nSPS) is 13.5. The van der Waals surface area contributed by atoms with Crippen molar-refractivity contribution < 1.29 is 8.78 Å². The van der Waals surface area contributed by atoms with Crippen molar-refractivity contribution in [1.82, 2.24) is 4.98 Å². The lowest BCUT2D eigenvalue weighted by Gasteiger charge is -2.18. The SMILES string of the molecule is CCC(c1c[nH]c2c(F)cc(F)cc12)C(C)C. The molecule has 92 valence electrons. The molecule has 0 aliphatic heterocycles. The van der Waals surface area contributed by atoms with Crippen LogP contribution in [-0.4, -0.2) is 4.98 Å². The Morgan fingerprint density at radius 3 is 2.53 bits per heavy atom. The minimum atomic E-state index is -0.523. The smallest absolute Gasteiger partial charge is 0.150 e. The van der Waals surface area contributed by atoms with Gasteiger partial charge in [-0.05, 0) is 29.9 Å². The maximum Gasteiger partial charge on any atom is 0.150 e. The molecule has 3 heteroatoms. The van der Waals surface area contributed by atoms with E-state index < -0.39 is 11.6 Å². The number of benzene rings is 1. The van der Waals surface area contributed by atoms with Gasteiger partial charge in [0.1, 0.15) is 11.6 Å². The van der Waals surface area contributed by atoms with Crippen LogP contribution in [0.25, 0.3) is 10.9 Å². The summed E-state index contributed by atoms with van der Waals surface area (Å²) in [7, 11) is 0. The zero-order valence-electron chi connectivity index (χ0n) is 10.3. The van der Waals surface area contributed by atoms with E-state index in [1.54, 1.807) is 6.20 Å². The van der Waals surface area contributed by atoms with Gasteiger partial charge in [0.15, 0.2) is 0 Å². The number of fused-ring (bicyclic) bond motifs is 1. The molecule has 1 atom stereocenters. The van der Waals surface area contributed by atoms with Crippen LogP contribution in [0.2, 0.25) is 0 Å². The number of hydrogen-bond donors (Lipinski definition) is 1. The first-order valence-electron chi connectivity index (χ1n) is 6.00. The number of nitrogens with one attached hydrogen (secondary N) is 1. The molecule has 2 aromatic rings. The molecule has 0 bridgehead atoms. The molecule has 0 spiro atoms. The summed E-state index contributed by atoms with van der Waals surface area (Å²) in [6.07, 6.45) is 2.77. The summed E-state index contributed by atoms with van der Waals surface area (Å²) in [5.74, 6) is -0.269. The molecule has 0 aliphatic rings. The molecular formula is C14H17F2N. The van der Waals surface area contributed by atoms with Crippen molar-refractivity contribution in [2.75, 3.05) is 0 Å². The number of rotatable bonds is 3. The van der Waals surface area contributed by atoms with Crippen LogP contribution in [0.15, 0.2) is 18.3 Å². The van der Waals surface area contributed by atoms with Gasteiger partial charge in [0, 0.05) is 17.6 Å². The third kappa shape index (κ3) is 2.06. The average Bonchev–Trinajstić information content (AvgIpc) is 2.63. The molecule has 0 amide bonds. The summed E-state index contributed by atoms with van der Waals surface area (Å²) in [5, 5.41) is 0.669. The highest BCUT2D eigenvalue weighted by atomic mass is 19.1. The first-order valence-corrected chi connectivity index (χ1v) is 6.00. The summed E-state index contributed by atoms with van der Waals surface area (Å²) < 4.78 is 26.8. The molecular weight excluding hydrogens is 220 g/mol. The second-order valence-corrected chi connectivity index (χ2v) is 4.81. The molecule has 1 heterocycles. The molecule has 1 aromatic carbocycles. The Kier molecular flexibility index (Phi) is 3.18. The van der Waals surface area contributed by atoms with Crippen molar-refractivity contribution >= 4 is 10.9 Å². The number of hydrogen-bond acceptors (Lipinski definition) is 0. The second kappa shape index (κ2) is 4.47. The molecule has 0 aliphatic carbocycles. The summed E-state index contributed by atoms with van der Waals surface area (Å²) in [4.78, 5) is 2.91. The van der Waals surface area contributed by atoms with E-state index in [2.05, 4.69) is 25.8 Å². The molecule has 1 N–H and O–H groups in total. The number of aromatic amines is 1. The van der Waals surface area contributed by atoms with Crippen molar-refractivity contribution in [3.05, 3.63) is 35.5 Å². The van der Waals surface area contributed by atoms with Gasteiger partial charge >= 0.3 is 0 Å². The van der Waals surface area contributed by atoms with Gasteiger partial charge in [-0.15, -0.1) is 0 Å². The van der Waals surface area contributed by atoms with Crippen molar-refractivity contribution in [3.63, 3.8) is 0 Å². The zero-order valence-corrected chi connectivity index (χ0v) is 10.3. The van der Waals surface area contributed by atoms with Gasteiger partial charge in [0.05, 0.1) is 5.52 Å². The van der Waals surface area contributed by atoms with Crippen LogP contribution >= 0.6 is 0 Å². The Bertz CT molecular complexity index is 528. The molecule has 17 heavy (non-hydrogen) atoms. The number of halogens is 2. The predicted molar refractivity (Wildman–Crippen MR) is 66.1 cm³/mol. The van der Waals surface area contributed by atoms with Gasteiger partial charge in [-0.3, -0.25) is 0 Å². The Morgan fingerprint density at radius 2 is 1.94 bits per heavy atom. The molecule has 1 nitrogen and oxygen atoms in total. The van der Waals surface area contributed by atoms with Crippen molar-refractivity contribution in [1.29, 1.82) is 0 Å². The Labute approximate surface area is 99.8 Å². The van der Waals surface area contributed by atoms with Crippen LogP contribution in [-0.2, 0) is 0 Å². The Balaban J connectivity index is 2.63. The van der Waals surface area contributed by atoms with E-state index in [1.165, 1.54) is 6.07 Å². The van der Waals surface area contributed by atoms with Crippen LogP contribution in [0.1, 0.15) is 38.7 Å². The van der Waals surface area contributed by atoms with Crippen LogP contribution in [0.3, 0.4) is 0 Å². The van der Waals surface area contributed by atoms with Crippen molar-refractivity contribution in [2.45, 2.75) is 33.1 Å². The fourth-order valence-electron chi connectivity index (χ4n) is 2.53. The maximum atomic E-state index is 13.6. The van der Waals surface area contributed by atoms with Crippen LogP contribution in [0.5, 0.6) is 0 Å². The standard InChI is InChI=1S/C14H17F2N/c1-4-10(8(2)3)12-7-17-14-11(12)5-9(15)6-13(14)16/h5-8,10,17H,4H2,1-3H3.